The van der Waals surface area contributed by atoms with Gasteiger partial charge < -0.3 is 15.0 Å². The molecule has 27 heavy (non-hydrogen) atoms. The third-order valence-electron chi connectivity index (χ3n) is 3.77. The molecule has 3 rings (SSSR count). The van der Waals surface area contributed by atoms with Crippen molar-refractivity contribution in [3.05, 3.63) is 77.7 Å². The zero-order chi connectivity index (χ0) is 19.2. The summed E-state index contributed by atoms with van der Waals surface area (Å²) in [4.78, 5) is 14.0. The number of hydrogen-bond donors (Lipinski definition) is 1. The quantitative estimate of drug-likeness (QED) is 0.724. The fourth-order valence-electron chi connectivity index (χ4n) is 2.27. The molecule has 0 fully saturated rings. The third kappa shape index (κ3) is 5.01. The third-order valence-corrected chi connectivity index (χ3v) is 3.77. The van der Waals surface area contributed by atoms with E-state index in [1.165, 1.54) is 12.1 Å². The van der Waals surface area contributed by atoms with E-state index in [-0.39, 0.29) is 17.4 Å². The molecule has 138 valence electrons. The van der Waals surface area contributed by atoms with Gasteiger partial charge in [0, 0.05) is 20.6 Å². The molecule has 0 aliphatic heterocycles. The Hall–Kier alpha value is -3.48. The number of halogens is 1. The van der Waals surface area contributed by atoms with Gasteiger partial charge in [0.2, 0.25) is 0 Å². The van der Waals surface area contributed by atoms with Crippen LogP contribution in [0.4, 0.5) is 10.2 Å². The van der Waals surface area contributed by atoms with E-state index < -0.39 is 0 Å². The zero-order valence-corrected chi connectivity index (χ0v) is 15.0. The summed E-state index contributed by atoms with van der Waals surface area (Å²) in [6.45, 7) is 0.354. The van der Waals surface area contributed by atoms with Crippen LogP contribution in [0.1, 0.15) is 16.1 Å². The highest BCUT2D eigenvalue weighted by molar-refractivity contribution is 5.92. The second kappa shape index (κ2) is 8.27. The predicted molar refractivity (Wildman–Crippen MR) is 100 cm³/mol. The van der Waals surface area contributed by atoms with Gasteiger partial charge >= 0.3 is 0 Å². The second-order valence-electron chi connectivity index (χ2n) is 6.05. The van der Waals surface area contributed by atoms with Crippen molar-refractivity contribution in [3.8, 4) is 11.5 Å². The summed E-state index contributed by atoms with van der Waals surface area (Å²) in [6.07, 6.45) is 0. The van der Waals surface area contributed by atoms with Crippen LogP contribution in [0.25, 0.3) is 0 Å². The first-order chi connectivity index (χ1) is 13.0. The van der Waals surface area contributed by atoms with Gasteiger partial charge in [0.1, 0.15) is 17.3 Å². The number of carbonyl (C=O) groups excluding carboxylic acids is 1. The minimum absolute atomic E-state index is 0.261. The number of amides is 1. The van der Waals surface area contributed by atoms with Crippen LogP contribution in [0, 0.1) is 5.82 Å². The van der Waals surface area contributed by atoms with Crippen molar-refractivity contribution in [3.63, 3.8) is 0 Å². The first-order valence-electron chi connectivity index (χ1n) is 8.33. The molecule has 1 heterocycles. The first-order valence-corrected chi connectivity index (χ1v) is 8.33. The van der Waals surface area contributed by atoms with Crippen molar-refractivity contribution < 1.29 is 13.9 Å². The minimum atomic E-state index is -0.311. The van der Waals surface area contributed by atoms with Crippen LogP contribution in [-0.2, 0) is 6.54 Å². The van der Waals surface area contributed by atoms with Gasteiger partial charge in [-0.2, -0.15) is 0 Å². The fourth-order valence-corrected chi connectivity index (χ4v) is 2.27. The smallest absolute Gasteiger partial charge is 0.272 e. The summed E-state index contributed by atoms with van der Waals surface area (Å²) >= 11 is 0. The van der Waals surface area contributed by atoms with E-state index in [1.807, 2.05) is 31.1 Å². The van der Waals surface area contributed by atoms with Crippen molar-refractivity contribution in [1.29, 1.82) is 0 Å². The lowest BCUT2D eigenvalue weighted by Crippen LogP contribution is -2.24. The van der Waals surface area contributed by atoms with Gasteiger partial charge in [-0.25, -0.2) is 4.39 Å². The number of nitrogens with one attached hydrogen (secondary N) is 1. The SMILES string of the molecule is CN(C)c1ccc(C(=O)NCc2ccc(Oc3ccc(F)cc3)cc2)nn1. The van der Waals surface area contributed by atoms with Gasteiger partial charge in [-0.1, -0.05) is 12.1 Å². The molecule has 0 aliphatic carbocycles. The molecular formula is C20H19FN4O2. The van der Waals surface area contributed by atoms with Crippen molar-refractivity contribution >= 4 is 11.7 Å². The summed E-state index contributed by atoms with van der Waals surface area (Å²) in [6, 6.07) is 16.5. The highest BCUT2D eigenvalue weighted by Gasteiger charge is 2.08. The summed E-state index contributed by atoms with van der Waals surface area (Å²) < 4.78 is 18.5. The standard InChI is InChI=1S/C20H19FN4O2/c1-25(2)19-12-11-18(23-24-19)20(26)22-13-14-3-7-16(8-4-14)27-17-9-5-15(21)6-10-17/h3-12H,13H2,1-2H3,(H,22,26). The first kappa shape index (κ1) is 18.3. The number of nitrogens with zero attached hydrogens (tertiary/aromatic N) is 3. The number of ether oxygens (including phenoxy) is 1. The van der Waals surface area contributed by atoms with E-state index in [0.29, 0.717) is 23.9 Å². The molecule has 0 saturated heterocycles. The van der Waals surface area contributed by atoms with Crippen LogP contribution in [0.3, 0.4) is 0 Å². The fraction of sp³-hybridized carbons (Fsp3) is 0.150. The normalized spacial score (nSPS) is 10.3. The van der Waals surface area contributed by atoms with Gasteiger partial charge in [0.05, 0.1) is 0 Å². The summed E-state index contributed by atoms with van der Waals surface area (Å²) in [5.41, 5.74) is 1.17. The zero-order valence-electron chi connectivity index (χ0n) is 15.0. The molecule has 7 heteroatoms. The monoisotopic (exact) mass is 366 g/mol. The molecule has 0 aliphatic rings. The Bertz CT molecular complexity index is 895. The molecule has 0 radical (unpaired) electrons. The Kier molecular flexibility index (Phi) is 5.61. The van der Waals surface area contributed by atoms with E-state index >= 15 is 0 Å². The van der Waals surface area contributed by atoms with Gasteiger partial charge in [-0.15, -0.1) is 10.2 Å². The lowest BCUT2D eigenvalue weighted by molar-refractivity contribution is 0.0945. The van der Waals surface area contributed by atoms with Crippen LogP contribution in [-0.4, -0.2) is 30.2 Å². The van der Waals surface area contributed by atoms with Crippen molar-refractivity contribution in [2.24, 2.45) is 0 Å². The molecule has 0 atom stereocenters. The molecule has 1 N–H and O–H groups in total. The highest BCUT2D eigenvalue weighted by Crippen LogP contribution is 2.21. The number of benzene rings is 2. The van der Waals surface area contributed by atoms with Crippen LogP contribution in [0.15, 0.2) is 60.7 Å². The molecule has 1 aromatic heterocycles. The molecule has 3 aromatic rings. The van der Waals surface area contributed by atoms with Crippen molar-refractivity contribution in [2.75, 3.05) is 19.0 Å². The molecular weight excluding hydrogens is 347 g/mol. The summed E-state index contributed by atoms with van der Waals surface area (Å²) in [7, 11) is 3.71. The maximum atomic E-state index is 12.9. The Labute approximate surface area is 156 Å². The second-order valence-corrected chi connectivity index (χ2v) is 6.05. The topological polar surface area (TPSA) is 67.4 Å². The number of rotatable bonds is 6. The summed E-state index contributed by atoms with van der Waals surface area (Å²) in [5.74, 6) is 1.26. The van der Waals surface area contributed by atoms with Crippen molar-refractivity contribution in [2.45, 2.75) is 6.54 Å². The van der Waals surface area contributed by atoms with Crippen LogP contribution >= 0.6 is 0 Å². The van der Waals surface area contributed by atoms with Gasteiger partial charge in [-0.05, 0) is 54.1 Å². The largest absolute Gasteiger partial charge is 0.457 e. The Balaban J connectivity index is 1.55. The number of carbonyl (C=O) groups is 1. The highest BCUT2D eigenvalue weighted by atomic mass is 19.1. The van der Waals surface area contributed by atoms with Gasteiger partial charge in [-0.3, -0.25) is 4.79 Å². The van der Waals surface area contributed by atoms with E-state index in [4.69, 9.17) is 4.74 Å². The summed E-state index contributed by atoms with van der Waals surface area (Å²) in [5, 5.41) is 10.7. The minimum Gasteiger partial charge on any atom is -0.457 e. The van der Waals surface area contributed by atoms with E-state index in [9.17, 15) is 9.18 Å². The Morgan fingerprint density at radius 1 is 0.963 bits per heavy atom. The van der Waals surface area contributed by atoms with Gasteiger partial charge in [0.25, 0.3) is 5.91 Å². The lowest BCUT2D eigenvalue weighted by Gasteiger charge is -2.10. The van der Waals surface area contributed by atoms with Crippen LogP contribution < -0.4 is 15.0 Å². The van der Waals surface area contributed by atoms with Gasteiger partial charge in [0.15, 0.2) is 11.5 Å². The average Bonchev–Trinajstić information content (AvgIpc) is 2.69. The Morgan fingerprint density at radius 3 is 2.15 bits per heavy atom. The Morgan fingerprint density at radius 2 is 1.59 bits per heavy atom. The van der Waals surface area contributed by atoms with Crippen molar-refractivity contribution in [1.82, 2.24) is 15.5 Å². The maximum Gasteiger partial charge on any atom is 0.272 e. The molecule has 0 bridgehead atoms. The molecule has 0 saturated carbocycles. The number of hydrogen-bond acceptors (Lipinski definition) is 5. The lowest BCUT2D eigenvalue weighted by atomic mass is 10.2. The molecule has 0 spiro atoms. The van der Waals surface area contributed by atoms with Crippen LogP contribution in [0.5, 0.6) is 11.5 Å². The van der Waals surface area contributed by atoms with E-state index in [1.54, 1.807) is 36.4 Å². The van der Waals surface area contributed by atoms with E-state index in [2.05, 4.69) is 15.5 Å². The molecule has 2 aromatic carbocycles. The van der Waals surface area contributed by atoms with Crippen LogP contribution in [0.2, 0.25) is 0 Å². The predicted octanol–water partition coefficient (Wildman–Crippen LogP) is 3.40. The maximum absolute atomic E-state index is 12.9. The molecule has 6 nitrogen and oxygen atoms in total. The molecule has 1 amide bonds. The van der Waals surface area contributed by atoms with E-state index in [0.717, 1.165) is 5.56 Å². The average molecular weight is 366 g/mol. The number of aromatic nitrogens is 2. The number of anilines is 1. The molecule has 0 unspecified atom stereocenters.